The van der Waals surface area contributed by atoms with Crippen LogP contribution in [0, 0.1) is 0 Å². The van der Waals surface area contributed by atoms with Gasteiger partial charge in [0.05, 0.1) is 12.3 Å². The number of nitrogens with one attached hydrogen (secondary N) is 1. The van der Waals surface area contributed by atoms with E-state index in [4.69, 9.17) is 8.83 Å². The Morgan fingerprint density at radius 1 is 0.974 bits per heavy atom. The maximum absolute atomic E-state index is 14.0. The number of anilines is 1. The lowest BCUT2D eigenvalue weighted by atomic mass is 10.0. The van der Waals surface area contributed by atoms with Gasteiger partial charge in [0.25, 0.3) is 5.91 Å². The standard InChI is InChI=1S/C32H23N3O4/c1-21(22-9-3-2-4-10-22)34-31(36)30(23-11-7-17-33-20-23)35(32(37)28-14-8-18-38-28)24-15-16-26-25-12-5-6-13-27(25)39-29(26)19-24/h3,5-21,30H,1H3,(H,34,36). The molecule has 6 rings (SSSR count). The van der Waals surface area contributed by atoms with E-state index in [2.05, 4.69) is 21.8 Å². The molecule has 3 heterocycles. The van der Waals surface area contributed by atoms with Crippen LogP contribution < -0.4 is 10.2 Å². The Morgan fingerprint density at radius 3 is 2.62 bits per heavy atom. The zero-order chi connectivity index (χ0) is 26.8. The first kappa shape index (κ1) is 24.0. The highest BCUT2D eigenvalue weighted by Gasteiger charge is 2.35. The molecule has 2 aromatic carbocycles. The summed E-state index contributed by atoms with van der Waals surface area (Å²) in [5, 5.41) is 4.93. The third-order valence-electron chi connectivity index (χ3n) is 6.64. The first-order chi connectivity index (χ1) is 19.1. The van der Waals surface area contributed by atoms with Crippen LogP contribution in [0.3, 0.4) is 0 Å². The minimum absolute atomic E-state index is 0.0997. The van der Waals surface area contributed by atoms with Crippen molar-refractivity contribution in [3.05, 3.63) is 132 Å². The summed E-state index contributed by atoms with van der Waals surface area (Å²) in [5.74, 6) is -0.759. The van der Waals surface area contributed by atoms with Gasteiger partial charge in [0.1, 0.15) is 17.2 Å². The molecular weight excluding hydrogens is 490 g/mol. The van der Waals surface area contributed by atoms with Crippen LogP contribution >= 0.6 is 0 Å². The van der Waals surface area contributed by atoms with Gasteiger partial charge in [-0.1, -0.05) is 35.7 Å². The predicted molar refractivity (Wildman–Crippen MR) is 148 cm³/mol. The summed E-state index contributed by atoms with van der Waals surface area (Å²) in [7, 11) is 0. The second-order valence-electron chi connectivity index (χ2n) is 9.12. The molecule has 5 aromatic rings. The Hall–Kier alpha value is -5.35. The summed E-state index contributed by atoms with van der Waals surface area (Å²) < 4.78 is 11.6. The number of carbonyl (C=O) groups is 2. The first-order valence-corrected chi connectivity index (χ1v) is 12.5. The molecule has 3 aromatic heterocycles. The number of rotatable bonds is 7. The molecule has 0 aliphatic heterocycles. The van der Waals surface area contributed by atoms with Crippen molar-refractivity contribution < 1.29 is 18.4 Å². The molecule has 0 fully saturated rings. The van der Waals surface area contributed by atoms with E-state index in [9.17, 15) is 9.59 Å². The van der Waals surface area contributed by atoms with Gasteiger partial charge in [-0.05, 0) is 67.1 Å². The lowest BCUT2D eigenvalue weighted by Gasteiger charge is -2.31. The average molecular weight is 514 g/mol. The summed E-state index contributed by atoms with van der Waals surface area (Å²) >= 11 is 0. The van der Waals surface area contributed by atoms with E-state index in [1.807, 2.05) is 49.4 Å². The number of hydrogen-bond acceptors (Lipinski definition) is 5. The van der Waals surface area contributed by atoms with Crippen molar-refractivity contribution in [1.82, 2.24) is 10.3 Å². The van der Waals surface area contributed by atoms with Crippen LogP contribution in [0.1, 0.15) is 29.1 Å². The van der Waals surface area contributed by atoms with Gasteiger partial charge < -0.3 is 14.2 Å². The Kier molecular flexibility index (Phi) is 6.28. The second kappa shape index (κ2) is 10.2. The lowest BCUT2D eigenvalue weighted by molar-refractivity contribution is -0.122. The molecule has 1 aliphatic rings. The highest BCUT2D eigenvalue weighted by Crippen LogP contribution is 2.35. The van der Waals surface area contributed by atoms with Crippen molar-refractivity contribution in [3.63, 3.8) is 0 Å². The summed E-state index contributed by atoms with van der Waals surface area (Å²) in [4.78, 5) is 33.7. The Bertz CT molecular complexity index is 1820. The molecule has 7 heteroatoms. The van der Waals surface area contributed by atoms with Crippen LogP contribution in [-0.4, -0.2) is 22.8 Å². The number of amides is 2. The summed E-state index contributed by atoms with van der Waals surface area (Å²) in [5.41, 5.74) is 8.99. The summed E-state index contributed by atoms with van der Waals surface area (Å²) in [6, 6.07) is 18.5. The Balaban J connectivity index is 1.48. The first-order valence-electron chi connectivity index (χ1n) is 12.5. The number of para-hydroxylation sites is 1. The van der Waals surface area contributed by atoms with Gasteiger partial charge >= 0.3 is 0 Å². The Labute approximate surface area is 224 Å². The third kappa shape index (κ3) is 4.60. The van der Waals surface area contributed by atoms with Crippen molar-refractivity contribution in [1.29, 1.82) is 0 Å². The third-order valence-corrected chi connectivity index (χ3v) is 6.64. The minimum atomic E-state index is -1.06. The quantitative estimate of drug-likeness (QED) is 0.259. The summed E-state index contributed by atoms with van der Waals surface area (Å²) in [6.07, 6.45) is 10.0. The molecule has 2 atom stereocenters. The van der Waals surface area contributed by atoms with Gasteiger partial charge in [-0.3, -0.25) is 19.5 Å². The van der Waals surface area contributed by atoms with E-state index in [1.165, 1.54) is 11.2 Å². The van der Waals surface area contributed by atoms with Crippen LogP contribution in [0.25, 0.3) is 21.9 Å². The van der Waals surface area contributed by atoms with Crippen molar-refractivity contribution in [2.45, 2.75) is 19.0 Å². The van der Waals surface area contributed by atoms with Gasteiger partial charge in [0, 0.05) is 40.5 Å². The molecule has 1 aliphatic carbocycles. The van der Waals surface area contributed by atoms with E-state index in [0.29, 0.717) is 16.8 Å². The van der Waals surface area contributed by atoms with Crippen molar-refractivity contribution in [2.24, 2.45) is 0 Å². The van der Waals surface area contributed by atoms with Crippen molar-refractivity contribution >= 4 is 39.4 Å². The van der Waals surface area contributed by atoms with E-state index in [-0.39, 0.29) is 17.7 Å². The number of hydrogen-bond donors (Lipinski definition) is 1. The zero-order valence-corrected chi connectivity index (χ0v) is 21.0. The highest BCUT2D eigenvalue weighted by atomic mass is 16.3. The molecule has 2 amide bonds. The smallest absolute Gasteiger partial charge is 0.294 e. The van der Waals surface area contributed by atoms with Crippen LogP contribution in [-0.2, 0) is 4.79 Å². The molecule has 0 bridgehead atoms. The monoisotopic (exact) mass is 513 g/mol. The largest absolute Gasteiger partial charge is 0.459 e. The van der Waals surface area contributed by atoms with Gasteiger partial charge in [-0.2, -0.15) is 0 Å². The van der Waals surface area contributed by atoms with Gasteiger partial charge in [-0.25, -0.2) is 0 Å². The molecule has 1 N–H and O–H groups in total. The molecular formula is C32H23N3O4. The maximum Gasteiger partial charge on any atom is 0.294 e. The van der Waals surface area contributed by atoms with E-state index in [0.717, 1.165) is 21.9 Å². The van der Waals surface area contributed by atoms with Gasteiger partial charge in [0.15, 0.2) is 5.76 Å². The van der Waals surface area contributed by atoms with E-state index < -0.39 is 11.9 Å². The summed E-state index contributed by atoms with van der Waals surface area (Å²) in [6.45, 7) is 1.88. The lowest BCUT2D eigenvalue weighted by Crippen LogP contribution is -2.46. The maximum atomic E-state index is 14.0. The number of allylic oxidation sites excluding steroid dienone is 2. The number of benzene rings is 2. The second-order valence-corrected chi connectivity index (χ2v) is 9.12. The number of fused-ring (bicyclic) bond motifs is 3. The molecule has 190 valence electrons. The minimum Gasteiger partial charge on any atom is -0.459 e. The van der Waals surface area contributed by atoms with Crippen LogP contribution in [0.4, 0.5) is 5.69 Å². The molecule has 0 spiro atoms. The zero-order valence-electron chi connectivity index (χ0n) is 21.0. The van der Waals surface area contributed by atoms with E-state index >= 15 is 0 Å². The Morgan fingerprint density at radius 2 is 1.85 bits per heavy atom. The SMILES string of the molecule is CC(NC(=O)C(c1cccnc1)N(C(=O)c1ccco1)c1ccc2c(c1)oc1ccccc12)C1=CC=C=C=C1. The molecule has 7 nitrogen and oxygen atoms in total. The fraction of sp³-hybridized carbons (Fsp3) is 0.0938. The normalized spacial score (nSPS) is 13.8. The van der Waals surface area contributed by atoms with Gasteiger partial charge in [-0.15, -0.1) is 0 Å². The fourth-order valence-corrected chi connectivity index (χ4v) is 4.73. The van der Waals surface area contributed by atoms with Crippen LogP contribution in [0.2, 0.25) is 0 Å². The molecule has 0 saturated carbocycles. The molecule has 39 heavy (non-hydrogen) atoms. The number of furan rings is 2. The number of pyridine rings is 1. The van der Waals surface area contributed by atoms with Crippen molar-refractivity contribution in [2.75, 3.05) is 4.90 Å². The van der Waals surface area contributed by atoms with Crippen LogP contribution in [0.5, 0.6) is 0 Å². The number of aromatic nitrogens is 1. The van der Waals surface area contributed by atoms with Crippen molar-refractivity contribution in [3.8, 4) is 0 Å². The molecule has 2 unspecified atom stereocenters. The molecule has 0 radical (unpaired) electrons. The van der Waals surface area contributed by atoms with Gasteiger partial charge in [0.2, 0.25) is 5.91 Å². The predicted octanol–water partition coefficient (Wildman–Crippen LogP) is 6.27. The average Bonchev–Trinajstić information content (AvgIpc) is 3.64. The number of nitrogens with zero attached hydrogens (tertiary/aromatic N) is 2. The van der Waals surface area contributed by atoms with Crippen LogP contribution in [0.15, 0.2) is 129 Å². The topological polar surface area (TPSA) is 88.6 Å². The number of carbonyl (C=O) groups excluding carboxylic acids is 2. The van der Waals surface area contributed by atoms with E-state index in [1.54, 1.807) is 54.9 Å². The fourth-order valence-electron chi connectivity index (χ4n) is 4.73. The molecule has 0 saturated heterocycles. The highest BCUT2D eigenvalue weighted by molar-refractivity contribution is 6.11.